The fraction of sp³-hybridized carbons (Fsp3) is 0.714. The Bertz CT molecular complexity index is 501. The van der Waals surface area contributed by atoms with Crippen molar-refractivity contribution >= 4 is 5.97 Å². The van der Waals surface area contributed by atoms with Crippen LogP contribution in [0.5, 0.6) is 0 Å². The molecule has 1 fully saturated rings. The maximum Gasteiger partial charge on any atom is 0.323 e. The number of nitrogens with two attached hydrogens (primary N) is 1. The highest BCUT2D eigenvalue weighted by molar-refractivity contribution is 5.79. The molecule has 0 amide bonds. The van der Waals surface area contributed by atoms with Gasteiger partial charge in [0, 0.05) is 25.5 Å². The van der Waals surface area contributed by atoms with E-state index in [1.165, 1.54) is 0 Å². The van der Waals surface area contributed by atoms with Crippen molar-refractivity contribution in [1.29, 1.82) is 0 Å². The van der Waals surface area contributed by atoms with Crippen molar-refractivity contribution in [3.8, 4) is 0 Å². The fourth-order valence-electron chi connectivity index (χ4n) is 3.54. The van der Waals surface area contributed by atoms with Crippen LogP contribution < -0.4 is 5.73 Å². The number of aliphatic carboxylic acids is 1. The predicted octanol–water partition coefficient (Wildman–Crippen LogP) is 0.671. The molecule has 0 spiro atoms. The van der Waals surface area contributed by atoms with Gasteiger partial charge in [0.15, 0.2) is 0 Å². The van der Waals surface area contributed by atoms with Crippen LogP contribution in [-0.4, -0.2) is 44.2 Å². The molecule has 20 heavy (non-hydrogen) atoms. The normalized spacial score (nSPS) is 30.4. The highest BCUT2D eigenvalue weighted by Crippen LogP contribution is 2.36. The van der Waals surface area contributed by atoms with E-state index >= 15 is 0 Å². The number of hydrogen-bond donors (Lipinski definition) is 2. The molecule has 1 aromatic rings. The molecule has 1 aliphatic carbocycles. The summed E-state index contributed by atoms with van der Waals surface area (Å²) in [6.45, 7) is 3.72. The predicted molar refractivity (Wildman–Crippen MR) is 74.0 cm³/mol. The Kier molecular flexibility index (Phi) is 3.52. The van der Waals surface area contributed by atoms with Crippen LogP contribution in [0.3, 0.4) is 0 Å². The van der Waals surface area contributed by atoms with Crippen molar-refractivity contribution in [2.75, 3.05) is 13.1 Å². The van der Waals surface area contributed by atoms with Gasteiger partial charge in [0.2, 0.25) is 0 Å². The quantitative estimate of drug-likeness (QED) is 0.845. The van der Waals surface area contributed by atoms with Crippen LogP contribution in [0.2, 0.25) is 0 Å². The molecule has 6 nitrogen and oxygen atoms in total. The molecular formula is C14H22N4O2. The number of hydrogen-bond acceptors (Lipinski definition) is 4. The van der Waals surface area contributed by atoms with E-state index in [9.17, 15) is 9.90 Å². The highest BCUT2D eigenvalue weighted by atomic mass is 16.4. The summed E-state index contributed by atoms with van der Waals surface area (Å²) in [5.74, 6) is 0.357. The van der Waals surface area contributed by atoms with E-state index in [1.54, 1.807) is 0 Å². The van der Waals surface area contributed by atoms with Gasteiger partial charge in [0.25, 0.3) is 0 Å². The third kappa shape index (κ3) is 2.33. The molecule has 0 saturated heterocycles. The van der Waals surface area contributed by atoms with E-state index in [-0.39, 0.29) is 5.92 Å². The number of aromatic nitrogens is 2. The molecule has 3 N–H and O–H groups in total. The Morgan fingerprint density at radius 1 is 1.55 bits per heavy atom. The molecule has 2 aliphatic rings. The molecule has 1 aliphatic heterocycles. The SMILES string of the molecule is NC1(C(=O)O)CCCC1CCN1CCn2ccnc2C1. The lowest BCUT2D eigenvalue weighted by Crippen LogP contribution is -2.51. The van der Waals surface area contributed by atoms with E-state index in [1.807, 2.05) is 12.4 Å². The maximum absolute atomic E-state index is 11.4. The maximum atomic E-state index is 11.4. The van der Waals surface area contributed by atoms with Gasteiger partial charge in [-0.15, -0.1) is 0 Å². The van der Waals surface area contributed by atoms with Crippen LogP contribution in [0.1, 0.15) is 31.5 Å². The summed E-state index contributed by atoms with van der Waals surface area (Å²) in [5.41, 5.74) is 5.08. The van der Waals surface area contributed by atoms with Crippen molar-refractivity contribution in [3.63, 3.8) is 0 Å². The molecule has 3 rings (SSSR count). The van der Waals surface area contributed by atoms with Crippen LogP contribution in [0.15, 0.2) is 12.4 Å². The Morgan fingerprint density at radius 3 is 3.20 bits per heavy atom. The van der Waals surface area contributed by atoms with E-state index in [0.717, 1.165) is 51.3 Å². The van der Waals surface area contributed by atoms with Crippen LogP contribution in [0.4, 0.5) is 0 Å². The molecule has 0 bridgehead atoms. The Balaban J connectivity index is 1.57. The van der Waals surface area contributed by atoms with E-state index in [0.29, 0.717) is 6.42 Å². The largest absolute Gasteiger partial charge is 0.480 e. The summed E-state index contributed by atoms with van der Waals surface area (Å²) >= 11 is 0. The van der Waals surface area contributed by atoms with Crippen LogP contribution in [0, 0.1) is 5.92 Å². The molecule has 110 valence electrons. The first-order valence-electron chi connectivity index (χ1n) is 7.34. The van der Waals surface area contributed by atoms with Crippen molar-refractivity contribution in [2.24, 2.45) is 11.7 Å². The van der Waals surface area contributed by atoms with Crippen molar-refractivity contribution in [3.05, 3.63) is 18.2 Å². The second kappa shape index (κ2) is 5.18. The van der Waals surface area contributed by atoms with Crippen molar-refractivity contribution < 1.29 is 9.90 Å². The zero-order valence-electron chi connectivity index (χ0n) is 11.7. The Morgan fingerprint density at radius 2 is 2.40 bits per heavy atom. The third-order valence-electron chi connectivity index (χ3n) is 4.89. The van der Waals surface area contributed by atoms with Gasteiger partial charge in [-0.2, -0.15) is 0 Å². The van der Waals surface area contributed by atoms with E-state index < -0.39 is 11.5 Å². The molecule has 6 heteroatoms. The second-order valence-electron chi connectivity index (χ2n) is 6.04. The van der Waals surface area contributed by atoms with Crippen molar-refractivity contribution in [2.45, 2.75) is 44.3 Å². The van der Waals surface area contributed by atoms with Gasteiger partial charge in [-0.1, -0.05) is 6.42 Å². The Labute approximate surface area is 118 Å². The summed E-state index contributed by atoms with van der Waals surface area (Å²) in [6, 6.07) is 0. The van der Waals surface area contributed by atoms with Gasteiger partial charge in [-0.3, -0.25) is 9.69 Å². The summed E-state index contributed by atoms with van der Waals surface area (Å²) < 4.78 is 2.18. The number of carboxylic acids is 1. The zero-order valence-corrected chi connectivity index (χ0v) is 11.7. The summed E-state index contributed by atoms with van der Waals surface area (Å²) in [5, 5.41) is 9.33. The average molecular weight is 278 g/mol. The fourth-order valence-corrected chi connectivity index (χ4v) is 3.54. The first kappa shape index (κ1) is 13.6. The molecule has 2 atom stereocenters. The number of fused-ring (bicyclic) bond motifs is 1. The topological polar surface area (TPSA) is 84.4 Å². The minimum Gasteiger partial charge on any atom is -0.480 e. The molecule has 0 radical (unpaired) electrons. The van der Waals surface area contributed by atoms with Crippen LogP contribution in [-0.2, 0) is 17.9 Å². The summed E-state index contributed by atoms with van der Waals surface area (Å²) in [6.07, 6.45) is 7.19. The van der Waals surface area contributed by atoms with Crippen LogP contribution in [0.25, 0.3) is 0 Å². The molecule has 1 saturated carbocycles. The number of imidazole rings is 1. The summed E-state index contributed by atoms with van der Waals surface area (Å²) in [7, 11) is 0. The van der Waals surface area contributed by atoms with Gasteiger partial charge < -0.3 is 15.4 Å². The molecule has 1 aromatic heterocycles. The van der Waals surface area contributed by atoms with Crippen molar-refractivity contribution in [1.82, 2.24) is 14.5 Å². The highest BCUT2D eigenvalue weighted by Gasteiger charge is 2.45. The average Bonchev–Trinajstić information content (AvgIpc) is 3.03. The van der Waals surface area contributed by atoms with Crippen LogP contribution >= 0.6 is 0 Å². The lowest BCUT2D eigenvalue weighted by atomic mass is 9.85. The molecule has 2 unspecified atom stereocenters. The molecular weight excluding hydrogens is 256 g/mol. The summed E-state index contributed by atoms with van der Waals surface area (Å²) in [4.78, 5) is 18.1. The first-order valence-corrected chi connectivity index (χ1v) is 7.34. The Hall–Kier alpha value is -1.40. The second-order valence-corrected chi connectivity index (χ2v) is 6.04. The van der Waals surface area contributed by atoms with Gasteiger partial charge >= 0.3 is 5.97 Å². The minimum atomic E-state index is -1.01. The zero-order chi connectivity index (χ0) is 14.2. The third-order valence-corrected chi connectivity index (χ3v) is 4.89. The standard InChI is InChI=1S/C14H22N4O2/c15-14(13(19)20)4-1-2-11(14)3-6-17-8-9-18-7-5-16-12(18)10-17/h5,7,11H,1-4,6,8-10,15H2,(H,19,20). The monoisotopic (exact) mass is 278 g/mol. The molecule has 0 aromatic carbocycles. The lowest BCUT2D eigenvalue weighted by Gasteiger charge is -2.31. The first-order chi connectivity index (χ1) is 9.59. The number of carboxylic acid groups (broad SMARTS) is 1. The van der Waals surface area contributed by atoms with Gasteiger partial charge in [0.1, 0.15) is 11.4 Å². The number of carbonyl (C=O) groups is 1. The number of nitrogens with zero attached hydrogens (tertiary/aromatic N) is 3. The lowest BCUT2D eigenvalue weighted by molar-refractivity contribution is -0.144. The minimum absolute atomic E-state index is 0.0988. The van der Waals surface area contributed by atoms with Gasteiger partial charge in [0.05, 0.1) is 6.54 Å². The van der Waals surface area contributed by atoms with Gasteiger partial charge in [-0.05, 0) is 31.7 Å². The van der Waals surface area contributed by atoms with Gasteiger partial charge in [-0.25, -0.2) is 4.98 Å². The number of rotatable bonds is 4. The van der Waals surface area contributed by atoms with E-state index in [4.69, 9.17) is 5.73 Å². The smallest absolute Gasteiger partial charge is 0.323 e. The van der Waals surface area contributed by atoms with E-state index in [2.05, 4.69) is 14.5 Å². The molecule has 2 heterocycles.